The minimum atomic E-state index is -4.53. The first-order chi connectivity index (χ1) is 8.00. The molecule has 1 unspecified atom stereocenters. The number of ether oxygens (including phenoxy) is 1. The van der Waals surface area contributed by atoms with Gasteiger partial charge in [-0.3, -0.25) is 0 Å². The molecule has 0 fully saturated rings. The van der Waals surface area contributed by atoms with E-state index in [1.54, 1.807) is 0 Å². The lowest BCUT2D eigenvalue weighted by Gasteiger charge is -2.13. The maximum atomic E-state index is 11.9. The third kappa shape index (κ3) is 5.70. The van der Waals surface area contributed by atoms with Crippen LogP contribution in [0.2, 0.25) is 0 Å². The molecule has 0 bridgehead atoms. The summed E-state index contributed by atoms with van der Waals surface area (Å²) >= 11 is 0. The molecule has 0 aromatic heterocycles. The summed E-state index contributed by atoms with van der Waals surface area (Å²) in [6, 6.07) is 9.37. The first kappa shape index (κ1) is 14.0. The van der Waals surface area contributed by atoms with E-state index >= 15 is 0 Å². The van der Waals surface area contributed by atoms with Crippen molar-refractivity contribution in [1.29, 1.82) is 0 Å². The smallest absolute Gasteiger partial charge is 0.384 e. The molecule has 2 nitrogen and oxygen atoms in total. The zero-order valence-electron chi connectivity index (χ0n) is 9.28. The second-order valence-corrected chi connectivity index (χ2v) is 3.74. The molecule has 0 heterocycles. The molecule has 1 rings (SSSR count). The minimum absolute atomic E-state index is 0.188. The maximum Gasteiger partial charge on any atom is 0.414 e. The Morgan fingerprint density at radius 2 is 1.82 bits per heavy atom. The van der Waals surface area contributed by atoms with E-state index in [9.17, 15) is 13.2 Å². The molecule has 1 N–H and O–H groups in total. The van der Waals surface area contributed by atoms with E-state index in [4.69, 9.17) is 9.84 Å². The van der Waals surface area contributed by atoms with Crippen molar-refractivity contribution in [1.82, 2.24) is 0 Å². The molecule has 1 aromatic carbocycles. The lowest BCUT2D eigenvalue weighted by molar-refractivity contribution is -0.206. The second-order valence-electron chi connectivity index (χ2n) is 3.74. The van der Waals surface area contributed by atoms with Crippen molar-refractivity contribution >= 4 is 0 Å². The van der Waals surface area contributed by atoms with Gasteiger partial charge >= 0.3 is 6.18 Å². The zero-order chi connectivity index (χ0) is 12.7. The predicted octanol–water partition coefficient (Wildman–Crippen LogP) is 2.91. The van der Waals surface area contributed by atoms with Gasteiger partial charge in [-0.1, -0.05) is 30.3 Å². The van der Waals surface area contributed by atoms with E-state index in [0.29, 0.717) is 6.61 Å². The molecular weight excluding hydrogens is 233 g/mol. The highest BCUT2D eigenvalue weighted by molar-refractivity contribution is 5.13. The minimum Gasteiger partial charge on any atom is -0.384 e. The Morgan fingerprint density at radius 1 is 1.18 bits per heavy atom. The van der Waals surface area contributed by atoms with Gasteiger partial charge in [0.2, 0.25) is 0 Å². The molecule has 17 heavy (non-hydrogen) atoms. The monoisotopic (exact) mass is 248 g/mol. The largest absolute Gasteiger partial charge is 0.414 e. The van der Waals surface area contributed by atoms with E-state index in [2.05, 4.69) is 0 Å². The fourth-order valence-corrected chi connectivity index (χ4v) is 1.31. The first-order valence-electron chi connectivity index (χ1n) is 5.36. The van der Waals surface area contributed by atoms with Crippen molar-refractivity contribution in [3.63, 3.8) is 0 Å². The van der Waals surface area contributed by atoms with Crippen LogP contribution in [0.4, 0.5) is 13.2 Å². The Labute approximate surface area is 98.0 Å². The normalized spacial score (nSPS) is 13.6. The maximum absolute atomic E-state index is 11.9. The summed E-state index contributed by atoms with van der Waals surface area (Å²) in [5.74, 6) is 0. The summed E-state index contributed by atoms with van der Waals surface area (Å²) < 4.78 is 41.0. The molecule has 0 radical (unpaired) electrons. The fourth-order valence-electron chi connectivity index (χ4n) is 1.31. The van der Waals surface area contributed by atoms with Crippen LogP contribution in [0.5, 0.6) is 0 Å². The third-order valence-corrected chi connectivity index (χ3v) is 2.26. The van der Waals surface area contributed by atoms with E-state index < -0.39 is 12.3 Å². The van der Waals surface area contributed by atoms with Crippen LogP contribution in [0.25, 0.3) is 0 Å². The topological polar surface area (TPSA) is 29.5 Å². The molecule has 1 atom stereocenters. The van der Waals surface area contributed by atoms with Gasteiger partial charge < -0.3 is 9.84 Å². The van der Waals surface area contributed by atoms with Crippen LogP contribution in [0.15, 0.2) is 30.3 Å². The molecular formula is C12H15F3O2. The van der Waals surface area contributed by atoms with Gasteiger partial charge in [0.25, 0.3) is 0 Å². The van der Waals surface area contributed by atoms with Crippen LogP contribution < -0.4 is 0 Å². The Hall–Kier alpha value is -1.07. The summed E-state index contributed by atoms with van der Waals surface area (Å²) in [7, 11) is 0. The number of aliphatic hydroxyl groups is 1. The quantitative estimate of drug-likeness (QED) is 0.784. The number of rotatable bonds is 6. The predicted molar refractivity (Wildman–Crippen MR) is 57.4 cm³/mol. The summed E-state index contributed by atoms with van der Waals surface area (Å²) in [6.07, 6.45) is -6.91. The number of aliphatic hydroxyl groups excluding tert-OH is 1. The average molecular weight is 248 g/mol. The van der Waals surface area contributed by atoms with E-state index in [0.717, 1.165) is 5.56 Å². The van der Waals surface area contributed by atoms with Crippen molar-refractivity contribution in [3.8, 4) is 0 Å². The lowest BCUT2D eigenvalue weighted by atomic mass is 10.2. The fraction of sp³-hybridized carbons (Fsp3) is 0.500. The molecule has 0 aliphatic carbocycles. The number of hydrogen-bond acceptors (Lipinski definition) is 2. The van der Waals surface area contributed by atoms with Gasteiger partial charge in [-0.05, 0) is 18.4 Å². The van der Waals surface area contributed by atoms with E-state index in [1.165, 1.54) is 0 Å². The molecule has 1 aromatic rings. The van der Waals surface area contributed by atoms with Gasteiger partial charge in [0.15, 0.2) is 0 Å². The molecule has 0 saturated carbocycles. The molecule has 0 amide bonds. The summed E-state index contributed by atoms with van der Waals surface area (Å²) in [5.41, 5.74) is 0.976. The van der Waals surface area contributed by atoms with Gasteiger partial charge in [-0.15, -0.1) is 0 Å². The SMILES string of the molecule is OC(CCCOCc1ccccc1)C(F)(F)F. The molecule has 5 heteroatoms. The highest BCUT2D eigenvalue weighted by Gasteiger charge is 2.37. The molecule has 0 aliphatic heterocycles. The van der Waals surface area contributed by atoms with Crippen molar-refractivity contribution < 1.29 is 23.0 Å². The molecule has 0 spiro atoms. The van der Waals surface area contributed by atoms with Crippen LogP contribution in [-0.2, 0) is 11.3 Å². The van der Waals surface area contributed by atoms with Crippen LogP contribution in [0.1, 0.15) is 18.4 Å². The number of benzene rings is 1. The van der Waals surface area contributed by atoms with Gasteiger partial charge in [-0.2, -0.15) is 13.2 Å². The van der Waals surface area contributed by atoms with Crippen molar-refractivity contribution in [2.24, 2.45) is 0 Å². The van der Waals surface area contributed by atoms with Crippen molar-refractivity contribution in [2.45, 2.75) is 31.7 Å². The lowest BCUT2D eigenvalue weighted by Crippen LogP contribution is -2.28. The Morgan fingerprint density at radius 3 is 2.41 bits per heavy atom. The van der Waals surface area contributed by atoms with E-state index in [1.807, 2.05) is 30.3 Å². The molecule has 0 saturated heterocycles. The average Bonchev–Trinajstić information content (AvgIpc) is 2.28. The number of alkyl halides is 3. The van der Waals surface area contributed by atoms with Gasteiger partial charge in [0.05, 0.1) is 6.61 Å². The second kappa shape index (κ2) is 6.61. The van der Waals surface area contributed by atoms with Gasteiger partial charge in [0.1, 0.15) is 6.10 Å². The third-order valence-electron chi connectivity index (χ3n) is 2.26. The Bertz CT molecular complexity index is 311. The first-order valence-corrected chi connectivity index (χ1v) is 5.36. The summed E-state index contributed by atoms with van der Waals surface area (Å²) in [4.78, 5) is 0. The summed E-state index contributed by atoms with van der Waals surface area (Å²) in [5, 5.41) is 8.72. The number of hydrogen-bond donors (Lipinski definition) is 1. The molecule has 0 aliphatic rings. The number of halogens is 3. The molecule has 96 valence electrons. The van der Waals surface area contributed by atoms with Crippen LogP contribution in [-0.4, -0.2) is 24.0 Å². The van der Waals surface area contributed by atoms with Crippen LogP contribution >= 0.6 is 0 Å². The van der Waals surface area contributed by atoms with Crippen LogP contribution in [0.3, 0.4) is 0 Å². The summed E-state index contributed by atoms with van der Waals surface area (Å²) in [6.45, 7) is 0.588. The Balaban J connectivity index is 2.09. The van der Waals surface area contributed by atoms with Gasteiger partial charge in [-0.25, -0.2) is 0 Å². The highest BCUT2D eigenvalue weighted by atomic mass is 19.4. The van der Waals surface area contributed by atoms with Gasteiger partial charge in [0, 0.05) is 6.61 Å². The highest BCUT2D eigenvalue weighted by Crippen LogP contribution is 2.23. The van der Waals surface area contributed by atoms with Crippen molar-refractivity contribution in [3.05, 3.63) is 35.9 Å². The Kier molecular flexibility index (Phi) is 5.44. The van der Waals surface area contributed by atoms with Crippen LogP contribution in [0, 0.1) is 0 Å². The van der Waals surface area contributed by atoms with E-state index in [-0.39, 0.29) is 19.4 Å². The zero-order valence-corrected chi connectivity index (χ0v) is 9.28. The van der Waals surface area contributed by atoms with Crippen molar-refractivity contribution in [2.75, 3.05) is 6.61 Å². The standard InChI is InChI=1S/C12H15F3O2/c13-12(14,15)11(16)7-4-8-17-9-10-5-2-1-3-6-10/h1-3,5-6,11,16H,4,7-9H2.